The molecule has 1 aliphatic rings. The fraction of sp³-hybridized carbons (Fsp3) is 0.0952. The van der Waals surface area contributed by atoms with Crippen molar-refractivity contribution in [3.05, 3.63) is 84.4 Å². The molecular formula is C21H18N2O2S. The van der Waals surface area contributed by atoms with Crippen molar-refractivity contribution >= 4 is 28.7 Å². The van der Waals surface area contributed by atoms with E-state index in [0.29, 0.717) is 11.7 Å². The zero-order chi connectivity index (χ0) is 17.8. The number of thiocarbonyl (C=S) groups is 1. The molecule has 0 radical (unpaired) electrons. The van der Waals surface area contributed by atoms with E-state index in [0.717, 1.165) is 22.9 Å². The molecule has 0 fully saturated rings. The lowest BCUT2D eigenvalue weighted by atomic mass is 10.2. The highest BCUT2D eigenvalue weighted by atomic mass is 32.1. The van der Waals surface area contributed by atoms with Crippen LogP contribution in [0.1, 0.15) is 5.56 Å². The standard InChI is InChI=1S/C21H18N2O2S/c26-21(22-17-11-12-19-20(13-17)25-15-24-19)23(18-9-5-2-6-10-18)14-16-7-3-1-4-8-16/h1-13H,14-15H2,(H,22,26). The Morgan fingerprint density at radius 2 is 1.58 bits per heavy atom. The largest absolute Gasteiger partial charge is 0.454 e. The second kappa shape index (κ2) is 7.45. The first-order chi connectivity index (χ1) is 12.8. The van der Waals surface area contributed by atoms with Gasteiger partial charge in [0.25, 0.3) is 0 Å². The van der Waals surface area contributed by atoms with Gasteiger partial charge in [-0.2, -0.15) is 0 Å². The minimum atomic E-state index is 0.257. The van der Waals surface area contributed by atoms with E-state index in [1.165, 1.54) is 5.56 Å². The molecule has 0 spiro atoms. The Kier molecular flexibility index (Phi) is 4.71. The van der Waals surface area contributed by atoms with Gasteiger partial charge in [0.2, 0.25) is 6.79 Å². The monoisotopic (exact) mass is 362 g/mol. The Balaban J connectivity index is 1.57. The smallest absolute Gasteiger partial charge is 0.231 e. The number of rotatable bonds is 4. The zero-order valence-electron chi connectivity index (χ0n) is 14.1. The van der Waals surface area contributed by atoms with Crippen LogP contribution < -0.4 is 19.7 Å². The molecule has 0 unspecified atom stereocenters. The van der Waals surface area contributed by atoms with Gasteiger partial charge in [-0.25, -0.2) is 0 Å². The molecule has 0 amide bonds. The maximum atomic E-state index is 5.71. The number of hydrogen-bond donors (Lipinski definition) is 1. The first-order valence-electron chi connectivity index (χ1n) is 8.37. The summed E-state index contributed by atoms with van der Waals surface area (Å²) < 4.78 is 10.8. The van der Waals surface area contributed by atoms with Crippen molar-refractivity contribution in [2.75, 3.05) is 17.0 Å². The summed E-state index contributed by atoms with van der Waals surface area (Å²) in [6.45, 7) is 0.939. The van der Waals surface area contributed by atoms with E-state index in [9.17, 15) is 0 Å². The highest BCUT2D eigenvalue weighted by Gasteiger charge is 2.16. The predicted octanol–water partition coefficient (Wildman–Crippen LogP) is 4.82. The summed E-state index contributed by atoms with van der Waals surface area (Å²) in [6, 6.07) is 26.1. The molecule has 5 heteroatoms. The van der Waals surface area contributed by atoms with Crippen molar-refractivity contribution in [2.45, 2.75) is 6.54 Å². The fourth-order valence-electron chi connectivity index (χ4n) is 2.82. The molecule has 1 heterocycles. The van der Waals surface area contributed by atoms with Crippen molar-refractivity contribution in [1.29, 1.82) is 0 Å². The number of anilines is 2. The topological polar surface area (TPSA) is 33.7 Å². The van der Waals surface area contributed by atoms with E-state index in [-0.39, 0.29) is 6.79 Å². The molecule has 0 saturated heterocycles. The van der Waals surface area contributed by atoms with Crippen LogP contribution in [0.4, 0.5) is 11.4 Å². The lowest BCUT2D eigenvalue weighted by Crippen LogP contribution is -2.34. The second-order valence-electron chi connectivity index (χ2n) is 5.91. The number of nitrogens with zero attached hydrogens (tertiary/aromatic N) is 1. The van der Waals surface area contributed by atoms with Crippen LogP contribution in [0.5, 0.6) is 11.5 Å². The third-order valence-corrected chi connectivity index (χ3v) is 4.44. The molecule has 0 bridgehead atoms. The van der Waals surface area contributed by atoms with Crippen molar-refractivity contribution in [2.24, 2.45) is 0 Å². The molecule has 4 rings (SSSR count). The molecule has 130 valence electrons. The van der Waals surface area contributed by atoms with Gasteiger partial charge in [0.15, 0.2) is 16.6 Å². The van der Waals surface area contributed by atoms with Crippen LogP contribution in [0.15, 0.2) is 78.9 Å². The van der Waals surface area contributed by atoms with Gasteiger partial charge in [-0.3, -0.25) is 0 Å². The van der Waals surface area contributed by atoms with E-state index in [4.69, 9.17) is 21.7 Å². The van der Waals surface area contributed by atoms with Crippen LogP contribution in [-0.2, 0) is 6.54 Å². The third kappa shape index (κ3) is 3.63. The number of nitrogens with one attached hydrogen (secondary N) is 1. The maximum absolute atomic E-state index is 5.71. The lowest BCUT2D eigenvalue weighted by Gasteiger charge is -2.26. The van der Waals surface area contributed by atoms with Crippen molar-refractivity contribution in [1.82, 2.24) is 0 Å². The first kappa shape index (κ1) is 16.4. The normalized spacial score (nSPS) is 11.8. The Morgan fingerprint density at radius 3 is 2.35 bits per heavy atom. The quantitative estimate of drug-likeness (QED) is 0.673. The number of benzene rings is 3. The molecule has 3 aromatic carbocycles. The van der Waals surface area contributed by atoms with Crippen molar-refractivity contribution < 1.29 is 9.47 Å². The second-order valence-corrected chi connectivity index (χ2v) is 6.29. The molecule has 0 atom stereocenters. The van der Waals surface area contributed by atoms with Crippen LogP contribution in [0, 0.1) is 0 Å². The molecule has 1 aliphatic heterocycles. The van der Waals surface area contributed by atoms with Crippen LogP contribution >= 0.6 is 12.2 Å². The molecule has 0 aromatic heterocycles. The van der Waals surface area contributed by atoms with Gasteiger partial charge in [-0.1, -0.05) is 48.5 Å². The fourth-order valence-corrected chi connectivity index (χ4v) is 3.11. The molecule has 3 aromatic rings. The summed E-state index contributed by atoms with van der Waals surface area (Å²) in [4.78, 5) is 2.08. The lowest BCUT2D eigenvalue weighted by molar-refractivity contribution is 0.174. The summed E-state index contributed by atoms with van der Waals surface area (Å²) in [5.41, 5.74) is 3.09. The van der Waals surface area contributed by atoms with Crippen LogP contribution in [0.25, 0.3) is 0 Å². The third-order valence-electron chi connectivity index (χ3n) is 4.12. The Hall–Kier alpha value is -3.05. The van der Waals surface area contributed by atoms with Gasteiger partial charge in [0, 0.05) is 17.4 Å². The van der Waals surface area contributed by atoms with Crippen molar-refractivity contribution in [3.8, 4) is 11.5 Å². The number of hydrogen-bond acceptors (Lipinski definition) is 3. The molecule has 4 nitrogen and oxygen atoms in total. The maximum Gasteiger partial charge on any atom is 0.231 e. The van der Waals surface area contributed by atoms with Crippen LogP contribution in [-0.4, -0.2) is 11.9 Å². The van der Waals surface area contributed by atoms with Crippen LogP contribution in [0.3, 0.4) is 0 Å². The first-order valence-corrected chi connectivity index (χ1v) is 8.77. The number of ether oxygens (including phenoxy) is 2. The minimum Gasteiger partial charge on any atom is -0.454 e. The average molecular weight is 362 g/mol. The molecule has 26 heavy (non-hydrogen) atoms. The van der Waals surface area contributed by atoms with Gasteiger partial charge in [0.05, 0.1) is 6.54 Å². The van der Waals surface area contributed by atoms with E-state index < -0.39 is 0 Å². The number of para-hydroxylation sites is 1. The van der Waals surface area contributed by atoms with Gasteiger partial charge in [0.1, 0.15) is 0 Å². The molecule has 0 aliphatic carbocycles. The van der Waals surface area contributed by atoms with Gasteiger partial charge < -0.3 is 19.7 Å². The predicted molar refractivity (Wildman–Crippen MR) is 108 cm³/mol. The minimum absolute atomic E-state index is 0.257. The van der Waals surface area contributed by atoms with E-state index in [1.54, 1.807) is 0 Å². The van der Waals surface area contributed by atoms with Gasteiger partial charge >= 0.3 is 0 Å². The zero-order valence-corrected chi connectivity index (χ0v) is 14.9. The summed E-state index contributed by atoms with van der Waals surface area (Å²) >= 11 is 5.71. The average Bonchev–Trinajstić information content (AvgIpc) is 3.15. The summed E-state index contributed by atoms with van der Waals surface area (Å²) in [5, 5.41) is 3.94. The highest BCUT2D eigenvalue weighted by molar-refractivity contribution is 7.80. The highest BCUT2D eigenvalue weighted by Crippen LogP contribution is 2.34. The summed E-state index contributed by atoms with van der Waals surface area (Å²) in [5.74, 6) is 1.48. The Morgan fingerprint density at radius 1 is 0.885 bits per heavy atom. The number of fused-ring (bicyclic) bond motifs is 1. The SMILES string of the molecule is S=C(Nc1ccc2c(c1)OCO2)N(Cc1ccccc1)c1ccccc1. The van der Waals surface area contributed by atoms with E-state index in [1.807, 2.05) is 54.6 Å². The van der Waals surface area contributed by atoms with Crippen molar-refractivity contribution in [3.63, 3.8) is 0 Å². The van der Waals surface area contributed by atoms with Crippen LogP contribution in [0.2, 0.25) is 0 Å². The summed E-state index contributed by atoms with van der Waals surface area (Å²) in [6.07, 6.45) is 0. The molecular weight excluding hydrogens is 344 g/mol. The Labute approximate surface area is 158 Å². The van der Waals surface area contributed by atoms with Gasteiger partial charge in [-0.15, -0.1) is 0 Å². The Bertz CT molecular complexity index is 900. The van der Waals surface area contributed by atoms with Gasteiger partial charge in [-0.05, 0) is 42.0 Å². The van der Waals surface area contributed by atoms with E-state index >= 15 is 0 Å². The summed E-state index contributed by atoms with van der Waals surface area (Å²) in [7, 11) is 0. The molecule has 0 saturated carbocycles. The van der Waals surface area contributed by atoms with E-state index in [2.05, 4.69) is 34.5 Å². The molecule has 1 N–H and O–H groups in total.